The Bertz CT molecular complexity index is 1750. The van der Waals surface area contributed by atoms with Gasteiger partial charge in [0, 0.05) is 80.3 Å². The predicted octanol–water partition coefficient (Wildman–Crippen LogP) is 3.74. The SMILES string of the molecule is Cn1nc(Nc2cc(-c3cc(F)cc(N4C=C5C(=O)C6=C(CCCC6)N5CC4)c3CO)cn(C)c2=O)cc1CN1CCC1. The smallest absolute Gasteiger partial charge is 0.274 e. The van der Waals surface area contributed by atoms with Crippen LogP contribution in [0.15, 0.2) is 58.4 Å². The molecule has 0 saturated carbocycles. The van der Waals surface area contributed by atoms with Crippen LogP contribution >= 0.6 is 0 Å². The molecular formula is C32H36FN7O3. The minimum absolute atomic E-state index is 0.0536. The molecule has 2 aromatic heterocycles. The first-order valence-electron chi connectivity index (χ1n) is 15.0. The highest BCUT2D eigenvalue weighted by atomic mass is 19.1. The lowest BCUT2D eigenvalue weighted by Gasteiger charge is -2.35. The fourth-order valence-corrected chi connectivity index (χ4v) is 6.72. The molecule has 0 bridgehead atoms. The summed E-state index contributed by atoms with van der Waals surface area (Å²) in [6.07, 6.45) is 8.46. The number of carbonyl (C=O) groups is 1. The third-order valence-electron chi connectivity index (χ3n) is 9.13. The molecule has 11 heteroatoms. The van der Waals surface area contributed by atoms with E-state index in [9.17, 15) is 14.7 Å². The van der Waals surface area contributed by atoms with Crippen LogP contribution in [-0.2, 0) is 32.0 Å². The second-order valence-corrected chi connectivity index (χ2v) is 11.9. The van der Waals surface area contributed by atoms with E-state index >= 15 is 4.39 Å². The number of aliphatic hydroxyl groups excluding tert-OH is 1. The van der Waals surface area contributed by atoms with Gasteiger partial charge in [0.2, 0.25) is 5.78 Å². The van der Waals surface area contributed by atoms with Crippen molar-refractivity contribution in [3.63, 3.8) is 0 Å². The standard InChI is InChI=1S/C32H36FN7O3/c1-36-16-20(12-26(32(36)43)34-30-15-22(37(2)35-30)17-38-8-5-9-38)24-13-21(33)14-28(25(24)19-41)39-10-11-40-27-7-4-3-6-23(27)31(42)29(40)18-39/h12-16,18,41H,3-11,17,19H2,1-2H3,(H,34,35). The van der Waals surface area contributed by atoms with Crippen molar-refractivity contribution in [2.45, 2.75) is 45.3 Å². The van der Waals surface area contributed by atoms with Crippen molar-refractivity contribution in [3.8, 4) is 11.1 Å². The molecule has 1 aliphatic carbocycles. The van der Waals surface area contributed by atoms with E-state index in [1.54, 1.807) is 25.5 Å². The second-order valence-electron chi connectivity index (χ2n) is 11.9. The van der Waals surface area contributed by atoms with E-state index in [-0.39, 0.29) is 17.9 Å². The summed E-state index contributed by atoms with van der Waals surface area (Å²) in [6.45, 7) is 3.75. The van der Waals surface area contributed by atoms with Gasteiger partial charge in [-0.25, -0.2) is 4.39 Å². The van der Waals surface area contributed by atoms with Gasteiger partial charge in [-0.15, -0.1) is 0 Å². The minimum Gasteiger partial charge on any atom is -0.392 e. The molecule has 2 N–H and O–H groups in total. The highest BCUT2D eigenvalue weighted by Gasteiger charge is 2.38. The Balaban J connectivity index is 1.23. The molecule has 1 saturated heterocycles. The van der Waals surface area contributed by atoms with Crippen molar-refractivity contribution in [2.24, 2.45) is 14.1 Å². The molecule has 0 atom stereocenters. The van der Waals surface area contributed by atoms with Crippen LogP contribution < -0.4 is 15.8 Å². The molecular weight excluding hydrogens is 549 g/mol. The summed E-state index contributed by atoms with van der Waals surface area (Å²) < 4.78 is 18.5. The number of hydrogen-bond acceptors (Lipinski definition) is 8. The van der Waals surface area contributed by atoms with Gasteiger partial charge >= 0.3 is 0 Å². The quantitative estimate of drug-likeness (QED) is 0.433. The van der Waals surface area contributed by atoms with Gasteiger partial charge in [0.1, 0.15) is 17.2 Å². The Morgan fingerprint density at radius 2 is 1.81 bits per heavy atom. The number of hydrogen-bond donors (Lipinski definition) is 2. The van der Waals surface area contributed by atoms with Crippen molar-refractivity contribution in [1.82, 2.24) is 24.1 Å². The Kier molecular flexibility index (Phi) is 6.94. The van der Waals surface area contributed by atoms with Crippen LogP contribution in [0.1, 0.15) is 43.4 Å². The van der Waals surface area contributed by atoms with Crippen LogP contribution in [-0.4, -0.2) is 61.2 Å². The number of nitrogens with zero attached hydrogens (tertiary/aromatic N) is 6. The number of nitrogens with one attached hydrogen (secondary N) is 1. The van der Waals surface area contributed by atoms with Crippen molar-refractivity contribution in [3.05, 3.63) is 81.1 Å². The van der Waals surface area contributed by atoms with Gasteiger partial charge < -0.3 is 24.8 Å². The van der Waals surface area contributed by atoms with Gasteiger partial charge in [-0.3, -0.25) is 19.2 Å². The minimum atomic E-state index is -0.470. The number of fused-ring (bicyclic) bond motifs is 2. The van der Waals surface area contributed by atoms with E-state index in [1.807, 2.05) is 22.7 Å². The summed E-state index contributed by atoms with van der Waals surface area (Å²) in [5, 5.41) is 18.3. The van der Waals surface area contributed by atoms with Crippen LogP contribution in [0.3, 0.4) is 0 Å². The predicted molar refractivity (Wildman–Crippen MR) is 162 cm³/mol. The van der Waals surface area contributed by atoms with E-state index < -0.39 is 5.82 Å². The topological polar surface area (TPSA) is 98.9 Å². The molecule has 4 aliphatic rings. The monoisotopic (exact) mass is 585 g/mol. The molecule has 0 amide bonds. The first-order valence-corrected chi connectivity index (χ1v) is 15.0. The molecule has 1 fully saturated rings. The highest BCUT2D eigenvalue weighted by molar-refractivity contribution is 6.11. The fraction of sp³-hybridized carbons (Fsp3) is 0.406. The lowest BCUT2D eigenvalue weighted by molar-refractivity contribution is -0.112. The summed E-state index contributed by atoms with van der Waals surface area (Å²) in [5.74, 6) is 0.136. The largest absolute Gasteiger partial charge is 0.392 e. The number of ketones is 1. The first-order chi connectivity index (χ1) is 20.8. The van der Waals surface area contributed by atoms with Gasteiger partial charge in [-0.2, -0.15) is 5.10 Å². The van der Waals surface area contributed by atoms with Crippen LogP contribution in [0.5, 0.6) is 0 Å². The molecule has 224 valence electrons. The highest BCUT2D eigenvalue weighted by Crippen LogP contribution is 2.41. The fourth-order valence-electron chi connectivity index (χ4n) is 6.72. The molecule has 1 aromatic carbocycles. The summed E-state index contributed by atoms with van der Waals surface area (Å²) in [6, 6.07) is 6.41. The number of pyridine rings is 1. The molecule has 3 aromatic rings. The Labute approximate surface area is 249 Å². The Morgan fingerprint density at radius 1 is 1.00 bits per heavy atom. The number of Topliss-reactive ketones (excluding diaryl/α,β-unsaturated/α-hetero) is 1. The van der Waals surface area contributed by atoms with Gasteiger partial charge in [0.15, 0.2) is 5.82 Å². The van der Waals surface area contributed by atoms with Crippen molar-refractivity contribution < 1.29 is 14.3 Å². The van der Waals surface area contributed by atoms with Gasteiger partial charge in [-0.1, -0.05) is 0 Å². The lowest BCUT2D eigenvalue weighted by Crippen LogP contribution is -2.37. The molecule has 0 unspecified atom stereocenters. The number of allylic oxidation sites excluding steroid dienone is 2. The summed E-state index contributed by atoms with van der Waals surface area (Å²) in [5.41, 5.74) is 5.83. The van der Waals surface area contributed by atoms with Crippen LogP contribution in [0.2, 0.25) is 0 Å². The van der Waals surface area contributed by atoms with Crippen LogP contribution in [0.4, 0.5) is 21.6 Å². The lowest BCUT2D eigenvalue weighted by atomic mass is 9.96. The van der Waals surface area contributed by atoms with E-state index in [0.29, 0.717) is 52.7 Å². The number of aromatic nitrogens is 3. The Morgan fingerprint density at radius 3 is 2.58 bits per heavy atom. The van der Waals surface area contributed by atoms with Gasteiger partial charge in [0.25, 0.3) is 5.56 Å². The van der Waals surface area contributed by atoms with Gasteiger partial charge in [0.05, 0.1) is 12.3 Å². The van der Waals surface area contributed by atoms with Crippen molar-refractivity contribution >= 4 is 23.0 Å². The molecule has 0 spiro atoms. The van der Waals surface area contributed by atoms with E-state index in [0.717, 1.165) is 62.3 Å². The first kappa shape index (κ1) is 27.6. The Hall–Kier alpha value is -4.22. The summed E-state index contributed by atoms with van der Waals surface area (Å²) in [4.78, 5) is 32.7. The molecule has 43 heavy (non-hydrogen) atoms. The number of aliphatic hydroxyl groups is 1. The number of rotatable bonds is 7. The number of aryl methyl sites for hydroxylation is 2. The molecule has 5 heterocycles. The normalized spacial score (nSPS) is 18.5. The zero-order chi connectivity index (χ0) is 29.8. The van der Waals surface area contributed by atoms with Crippen LogP contribution in [0, 0.1) is 5.82 Å². The molecule has 10 nitrogen and oxygen atoms in total. The maximum atomic E-state index is 15.3. The zero-order valence-corrected chi connectivity index (χ0v) is 24.6. The maximum absolute atomic E-state index is 15.3. The molecule has 7 rings (SSSR count). The van der Waals surface area contributed by atoms with Crippen molar-refractivity contribution in [2.75, 3.05) is 36.4 Å². The average Bonchev–Trinajstić information content (AvgIpc) is 3.48. The molecule has 0 radical (unpaired) electrons. The number of likely N-dealkylation sites (tertiary alicyclic amines) is 1. The third kappa shape index (κ3) is 4.86. The maximum Gasteiger partial charge on any atom is 0.274 e. The number of anilines is 3. The van der Waals surface area contributed by atoms with Crippen molar-refractivity contribution in [1.29, 1.82) is 0 Å². The van der Waals surface area contributed by atoms with E-state index in [4.69, 9.17) is 0 Å². The van der Waals surface area contributed by atoms with E-state index in [1.165, 1.54) is 23.1 Å². The van der Waals surface area contributed by atoms with Gasteiger partial charge in [-0.05, 0) is 69.0 Å². The number of carbonyl (C=O) groups excluding carboxylic acids is 1. The molecule has 3 aliphatic heterocycles. The number of benzene rings is 1. The summed E-state index contributed by atoms with van der Waals surface area (Å²) >= 11 is 0. The third-order valence-corrected chi connectivity index (χ3v) is 9.13. The van der Waals surface area contributed by atoms with Crippen LogP contribution in [0.25, 0.3) is 11.1 Å². The average molecular weight is 586 g/mol. The van der Waals surface area contributed by atoms with E-state index in [2.05, 4.69) is 20.2 Å². The number of halogens is 1. The second kappa shape index (κ2) is 10.8. The summed E-state index contributed by atoms with van der Waals surface area (Å²) in [7, 11) is 3.53. The zero-order valence-electron chi connectivity index (χ0n) is 24.6.